The highest BCUT2D eigenvalue weighted by Crippen LogP contribution is 2.28. The number of benzene rings is 1. The first-order chi connectivity index (χ1) is 7.95. The van der Waals surface area contributed by atoms with E-state index in [9.17, 15) is 4.79 Å². The van der Waals surface area contributed by atoms with Crippen LogP contribution in [0, 0.1) is 6.92 Å². The van der Waals surface area contributed by atoms with Gasteiger partial charge in [-0.05, 0) is 30.5 Å². The molecule has 3 nitrogen and oxygen atoms in total. The molecule has 0 amide bonds. The molecule has 0 saturated carbocycles. The lowest BCUT2D eigenvalue weighted by molar-refractivity contribution is -0.137. The molecule has 3 N–H and O–H groups in total. The van der Waals surface area contributed by atoms with Crippen molar-refractivity contribution in [2.24, 2.45) is 5.73 Å². The Bertz CT molecular complexity index is 406. The zero-order chi connectivity index (χ0) is 13.0. The Morgan fingerprint density at radius 2 is 2.18 bits per heavy atom. The maximum Gasteiger partial charge on any atom is 0.304 e. The van der Waals surface area contributed by atoms with Crippen LogP contribution in [0.3, 0.4) is 0 Å². The first-order valence-electron chi connectivity index (χ1n) is 5.69. The molecule has 2 atom stereocenters. The van der Waals surface area contributed by atoms with Crippen molar-refractivity contribution in [1.82, 2.24) is 0 Å². The molecule has 0 aromatic heterocycles. The third kappa shape index (κ3) is 3.72. The molecular weight excluding hydrogens is 238 g/mol. The summed E-state index contributed by atoms with van der Waals surface area (Å²) in [4.78, 5) is 10.9. The summed E-state index contributed by atoms with van der Waals surface area (Å²) in [5.41, 5.74) is 7.86. The van der Waals surface area contributed by atoms with E-state index in [1.807, 2.05) is 32.0 Å². The second kappa shape index (κ2) is 6.03. The van der Waals surface area contributed by atoms with Gasteiger partial charge in [-0.25, -0.2) is 0 Å². The first-order valence-corrected chi connectivity index (χ1v) is 6.07. The Kier molecular flexibility index (Phi) is 4.97. The van der Waals surface area contributed by atoms with Gasteiger partial charge in [-0.1, -0.05) is 30.7 Å². The number of carboxylic acids is 1. The van der Waals surface area contributed by atoms with Crippen LogP contribution in [-0.2, 0) is 4.79 Å². The quantitative estimate of drug-likeness (QED) is 0.850. The van der Waals surface area contributed by atoms with E-state index in [-0.39, 0.29) is 18.4 Å². The smallest absolute Gasteiger partial charge is 0.304 e. The SMILES string of the molecule is CCC(N)C(CC(=O)O)c1ccc(C)c(Cl)c1. The Morgan fingerprint density at radius 3 is 2.65 bits per heavy atom. The molecule has 0 aliphatic rings. The lowest BCUT2D eigenvalue weighted by Crippen LogP contribution is -2.29. The summed E-state index contributed by atoms with van der Waals surface area (Å²) in [7, 11) is 0. The number of hydrogen-bond donors (Lipinski definition) is 2. The van der Waals surface area contributed by atoms with Crippen LogP contribution in [0.1, 0.15) is 36.8 Å². The lowest BCUT2D eigenvalue weighted by Gasteiger charge is -2.22. The van der Waals surface area contributed by atoms with Gasteiger partial charge in [0.25, 0.3) is 0 Å². The number of carbonyl (C=O) groups is 1. The number of hydrogen-bond acceptors (Lipinski definition) is 2. The van der Waals surface area contributed by atoms with E-state index in [0.717, 1.165) is 17.5 Å². The van der Waals surface area contributed by atoms with Gasteiger partial charge in [-0.2, -0.15) is 0 Å². The van der Waals surface area contributed by atoms with E-state index < -0.39 is 5.97 Å². The molecule has 4 heteroatoms. The fourth-order valence-electron chi connectivity index (χ4n) is 1.83. The molecule has 0 aliphatic heterocycles. The van der Waals surface area contributed by atoms with Crippen LogP contribution >= 0.6 is 11.6 Å². The molecule has 1 aromatic rings. The molecule has 0 bridgehead atoms. The Hall–Kier alpha value is -1.06. The number of nitrogens with two attached hydrogens (primary N) is 1. The van der Waals surface area contributed by atoms with Gasteiger partial charge in [0.15, 0.2) is 0 Å². The summed E-state index contributed by atoms with van der Waals surface area (Å²) < 4.78 is 0. The van der Waals surface area contributed by atoms with Crippen molar-refractivity contribution in [3.8, 4) is 0 Å². The fraction of sp³-hybridized carbons (Fsp3) is 0.462. The van der Waals surface area contributed by atoms with E-state index in [1.54, 1.807) is 0 Å². The largest absolute Gasteiger partial charge is 0.481 e. The van der Waals surface area contributed by atoms with Crippen molar-refractivity contribution >= 4 is 17.6 Å². The minimum absolute atomic E-state index is 0.0361. The molecular formula is C13H18ClNO2. The summed E-state index contributed by atoms with van der Waals surface area (Å²) in [5, 5.41) is 9.58. The number of carboxylic acid groups (broad SMARTS) is 1. The number of aryl methyl sites for hydroxylation is 1. The van der Waals surface area contributed by atoms with E-state index in [4.69, 9.17) is 22.4 Å². The normalized spacial score (nSPS) is 14.4. The van der Waals surface area contributed by atoms with Crippen LogP contribution in [-0.4, -0.2) is 17.1 Å². The van der Waals surface area contributed by atoms with Crippen molar-refractivity contribution in [2.75, 3.05) is 0 Å². The van der Waals surface area contributed by atoms with Crippen LogP contribution in [0.4, 0.5) is 0 Å². The summed E-state index contributed by atoms with van der Waals surface area (Å²) in [5.74, 6) is -1.02. The molecule has 0 spiro atoms. The standard InChI is InChI=1S/C13H18ClNO2/c1-3-12(15)10(7-13(16)17)9-5-4-8(2)11(14)6-9/h4-6,10,12H,3,7,15H2,1-2H3,(H,16,17). The molecule has 0 aliphatic carbocycles. The number of halogens is 1. The average Bonchev–Trinajstić information content (AvgIpc) is 2.28. The van der Waals surface area contributed by atoms with Gasteiger partial charge in [0.2, 0.25) is 0 Å². The van der Waals surface area contributed by atoms with Crippen LogP contribution in [0.2, 0.25) is 5.02 Å². The summed E-state index contributed by atoms with van der Waals surface area (Å²) >= 11 is 6.05. The van der Waals surface area contributed by atoms with Gasteiger partial charge in [-0.15, -0.1) is 0 Å². The monoisotopic (exact) mass is 255 g/mol. The van der Waals surface area contributed by atoms with E-state index in [2.05, 4.69) is 0 Å². The van der Waals surface area contributed by atoms with Gasteiger partial charge in [0, 0.05) is 17.0 Å². The van der Waals surface area contributed by atoms with Crippen molar-refractivity contribution in [1.29, 1.82) is 0 Å². The molecule has 0 radical (unpaired) electrons. The van der Waals surface area contributed by atoms with Crippen LogP contribution in [0.25, 0.3) is 0 Å². The van der Waals surface area contributed by atoms with Gasteiger partial charge in [0.05, 0.1) is 6.42 Å². The molecule has 0 heterocycles. The maximum atomic E-state index is 10.9. The summed E-state index contributed by atoms with van der Waals surface area (Å²) in [6.45, 7) is 3.87. The molecule has 0 fully saturated rings. The van der Waals surface area contributed by atoms with E-state index >= 15 is 0 Å². The Labute approximate surface area is 107 Å². The molecule has 1 aromatic carbocycles. The predicted molar refractivity (Wildman–Crippen MR) is 69.4 cm³/mol. The van der Waals surface area contributed by atoms with Gasteiger partial charge < -0.3 is 10.8 Å². The highest BCUT2D eigenvalue weighted by atomic mass is 35.5. The zero-order valence-corrected chi connectivity index (χ0v) is 10.9. The maximum absolute atomic E-state index is 10.9. The second-order valence-electron chi connectivity index (χ2n) is 4.29. The van der Waals surface area contributed by atoms with Crippen molar-refractivity contribution in [2.45, 2.75) is 38.6 Å². The summed E-state index contributed by atoms with van der Waals surface area (Å²) in [6.07, 6.45) is 0.776. The second-order valence-corrected chi connectivity index (χ2v) is 4.69. The minimum atomic E-state index is -0.837. The average molecular weight is 256 g/mol. The topological polar surface area (TPSA) is 63.3 Å². The Morgan fingerprint density at radius 1 is 1.53 bits per heavy atom. The van der Waals surface area contributed by atoms with Crippen LogP contribution < -0.4 is 5.73 Å². The first kappa shape index (κ1) is 14.0. The highest BCUT2D eigenvalue weighted by Gasteiger charge is 2.22. The Balaban J connectivity index is 3.03. The third-order valence-corrected chi connectivity index (χ3v) is 3.41. The van der Waals surface area contributed by atoms with Crippen molar-refractivity contribution in [3.63, 3.8) is 0 Å². The molecule has 1 rings (SSSR count). The molecule has 2 unspecified atom stereocenters. The third-order valence-electron chi connectivity index (χ3n) is 3.01. The van der Waals surface area contributed by atoms with Crippen LogP contribution in [0.5, 0.6) is 0 Å². The number of aliphatic carboxylic acids is 1. The fourth-order valence-corrected chi connectivity index (χ4v) is 2.02. The zero-order valence-electron chi connectivity index (χ0n) is 10.1. The predicted octanol–water partition coefficient (Wildman–Crippen LogP) is 2.94. The van der Waals surface area contributed by atoms with Gasteiger partial charge in [-0.3, -0.25) is 4.79 Å². The minimum Gasteiger partial charge on any atom is -0.481 e. The summed E-state index contributed by atoms with van der Waals surface area (Å²) in [6, 6.07) is 5.46. The molecule has 17 heavy (non-hydrogen) atoms. The van der Waals surface area contributed by atoms with Crippen LogP contribution in [0.15, 0.2) is 18.2 Å². The van der Waals surface area contributed by atoms with E-state index in [1.165, 1.54) is 0 Å². The lowest BCUT2D eigenvalue weighted by atomic mass is 9.87. The molecule has 94 valence electrons. The highest BCUT2D eigenvalue weighted by molar-refractivity contribution is 6.31. The number of rotatable bonds is 5. The molecule has 0 saturated heterocycles. The van der Waals surface area contributed by atoms with Crippen molar-refractivity contribution < 1.29 is 9.90 Å². The van der Waals surface area contributed by atoms with Gasteiger partial charge >= 0.3 is 5.97 Å². The van der Waals surface area contributed by atoms with Gasteiger partial charge in [0.1, 0.15) is 0 Å². The van der Waals surface area contributed by atoms with E-state index in [0.29, 0.717) is 5.02 Å². The van der Waals surface area contributed by atoms with Crippen molar-refractivity contribution in [3.05, 3.63) is 34.3 Å².